The minimum atomic E-state index is 0.865. The third-order valence-electron chi connectivity index (χ3n) is 8.51. The Labute approximate surface area is 253 Å². The van der Waals surface area contributed by atoms with Crippen LogP contribution in [0.25, 0.3) is 88.0 Å². The van der Waals surface area contributed by atoms with E-state index in [1.165, 1.54) is 21.5 Å². The fraction of sp³-hybridized carbons (Fsp3) is 0. The quantitative estimate of drug-likeness (QED) is 0.202. The maximum atomic E-state index is 5.26. The van der Waals surface area contributed by atoms with Crippen LogP contribution in [0, 0.1) is 0 Å². The number of pyridine rings is 4. The normalized spacial score (nSPS) is 11.6. The van der Waals surface area contributed by atoms with Crippen molar-refractivity contribution in [2.45, 2.75) is 0 Å². The lowest BCUT2D eigenvalue weighted by atomic mass is 9.95. The van der Waals surface area contributed by atoms with Gasteiger partial charge in [0.2, 0.25) is 0 Å². The highest BCUT2D eigenvalue weighted by Gasteiger charge is 2.13. The Hall–Kier alpha value is -6.00. The fourth-order valence-electron chi connectivity index (χ4n) is 6.27. The summed E-state index contributed by atoms with van der Waals surface area (Å²) in [7, 11) is 0. The van der Waals surface area contributed by atoms with Crippen molar-refractivity contribution in [3.63, 3.8) is 0 Å². The second kappa shape index (κ2) is 9.79. The number of para-hydroxylation sites is 1. The summed E-state index contributed by atoms with van der Waals surface area (Å²) < 4.78 is 0. The van der Waals surface area contributed by atoms with Gasteiger partial charge in [-0.1, -0.05) is 91.0 Å². The first kappa shape index (κ1) is 24.6. The molecule has 0 amide bonds. The van der Waals surface area contributed by atoms with Gasteiger partial charge >= 0.3 is 0 Å². The van der Waals surface area contributed by atoms with Crippen LogP contribution in [0.4, 0.5) is 0 Å². The molecule has 0 bridgehead atoms. The van der Waals surface area contributed by atoms with E-state index in [4.69, 9.17) is 15.0 Å². The van der Waals surface area contributed by atoms with Crippen molar-refractivity contribution in [1.82, 2.24) is 19.9 Å². The highest BCUT2D eigenvalue weighted by molar-refractivity contribution is 6.14. The lowest BCUT2D eigenvalue weighted by Gasteiger charge is -2.12. The van der Waals surface area contributed by atoms with Gasteiger partial charge in [-0.05, 0) is 64.0 Å². The van der Waals surface area contributed by atoms with Crippen molar-refractivity contribution >= 4 is 54.3 Å². The molecule has 5 aromatic carbocycles. The van der Waals surface area contributed by atoms with Gasteiger partial charge in [0.25, 0.3) is 0 Å². The molecule has 44 heavy (non-hydrogen) atoms. The van der Waals surface area contributed by atoms with Crippen molar-refractivity contribution in [2.75, 3.05) is 0 Å². The average molecular weight is 561 g/mol. The van der Waals surface area contributed by atoms with Gasteiger partial charge in [-0.15, -0.1) is 0 Å². The Morgan fingerprint density at radius 2 is 0.977 bits per heavy atom. The van der Waals surface area contributed by atoms with Gasteiger partial charge < -0.3 is 0 Å². The maximum Gasteiger partial charge on any atom is 0.0972 e. The van der Waals surface area contributed by atoms with Crippen LogP contribution in [0.5, 0.6) is 0 Å². The highest BCUT2D eigenvalue weighted by Crippen LogP contribution is 2.36. The predicted octanol–water partition coefficient (Wildman–Crippen LogP) is 10.0. The molecule has 0 unspecified atom stereocenters. The van der Waals surface area contributed by atoms with Gasteiger partial charge in [-0.25, -0.2) is 9.97 Å². The number of rotatable bonds is 3. The number of hydrogen-bond acceptors (Lipinski definition) is 4. The molecular weight excluding hydrogens is 536 g/mol. The summed E-state index contributed by atoms with van der Waals surface area (Å²) in [4.78, 5) is 19.8. The summed E-state index contributed by atoms with van der Waals surface area (Å²) >= 11 is 0. The topological polar surface area (TPSA) is 51.6 Å². The van der Waals surface area contributed by atoms with Gasteiger partial charge in [-0.3, -0.25) is 9.97 Å². The van der Waals surface area contributed by atoms with Gasteiger partial charge in [0.1, 0.15) is 0 Å². The first-order valence-electron chi connectivity index (χ1n) is 14.7. The summed E-state index contributed by atoms with van der Waals surface area (Å²) in [5.74, 6) is 0. The molecule has 0 saturated heterocycles. The molecule has 0 fully saturated rings. The van der Waals surface area contributed by atoms with Crippen LogP contribution in [0.1, 0.15) is 0 Å². The Bertz CT molecular complexity index is 2550. The summed E-state index contributed by atoms with van der Waals surface area (Å²) in [5, 5.41) is 8.10. The minimum absolute atomic E-state index is 0.865. The molecule has 4 nitrogen and oxygen atoms in total. The van der Waals surface area contributed by atoms with Crippen LogP contribution in [-0.2, 0) is 0 Å². The van der Waals surface area contributed by atoms with E-state index in [1.54, 1.807) is 0 Å². The predicted molar refractivity (Wildman–Crippen MR) is 181 cm³/mol. The van der Waals surface area contributed by atoms with Gasteiger partial charge in [0.15, 0.2) is 0 Å². The number of aromatic nitrogens is 4. The van der Waals surface area contributed by atoms with Crippen LogP contribution >= 0.6 is 0 Å². The molecule has 0 aliphatic rings. The van der Waals surface area contributed by atoms with E-state index in [0.29, 0.717) is 0 Å². The standard InChI is InChI=1S/C40H24N4/c1-3-9-31-27(7-1)22-34(33-11-5-4-10-32(31)33)38-20-16-26-14-13-25-15-19-37(43-39(25)40(26)44-38)29-17-18-36(41-23-29)30-21-28-8-2-6-12-35(28)42-24-30/h1-24H. The first-order chi connectivity index (χ1) is 21.8. The van der Waals surface area contributed by atoms with Crippen molar-refractivity contribution in [3.8, 4) is 33.8 Å². The van der Waals surface area contributed by atoms with E-state index in [-0.39, 0.29) is 0 Å². The van der Waals surface area contributed by atoms with Crippen LogP contribution in [-0.4, -0.2) is 19.9 Å². The largest absolute Gasteiger partial charge is 0.256 e. The summed E-state index contributed by atoms with van der Waals surface area (Å²) in [6.45, 7) is 0. The second-order valence-corrected chi connectivity index (χ2v) is 11.1. The zero-order chi connectivity index (χ0) is 29.0. The third-order valence-corrected chi connectivity index (χ3v) is 8.51. The molecule has 4 heteroatoms. The molecule has 0 aliphatic carbocycles. The highest BCUT2D eigenvalue weighted by atomic mass is 14.8. The summed E-state index contributed by atoms with van der Waals surface area (Å²) in [6.07, 6.45) is 3.77. The van der Waals surface area contributed by atoms with E-state index < -0.39 is 0 Å². The SMILES string of the molecule is c1ccc2ncc(-c3ccc(-c4ccc5ccc6ccc(-c7cc8ccccc8c8ccccc78)nc6c5n4)cn3)cc2c1. The Morgan fingerprint density at radius 3 is 1.77 bits per heavy atom. The maximum absolute atomic E-state index is 5.26. The Morgan fingerprint density at radius 1 is 0.364 bits per heavy atom. The number of hydrogen-bond donors (Lipinski definition) is 0. The molecule has 9 aromatic rings. The number of fused-ring (bicyclic) bond motifs is 7. The van der Waals surface area contributed by atoms with Gasteiger partial charge in [-0.2, -0.15) is 0 Å². The van der Waals surface area contributed by atoms with Crippen LogP contribution < -0.4 is 0 Å². The first-order valence-corrected chi connectivity index (χ1v) is 14.7. The molecule has 204 valence electrons. The molecule has 0 spiro atoms. The number of nitrogens with zero attached hydrogens (tertiary/aromatic N) is 4. The summed E-state index contributed by atoms with van der Waals surface area (Å²) in [6, 6.07) is 46.5. The van der Waals surface area contributed by atoms with Gasteiger partial charge in [0, 0.05) is 45.2 Å². The average Bonchev–Trinajstić information content (AvgIpc) is 3.10. The molecule has 0 atom stereocenters. The lowest BCUT2D eigenvalue weighted by Crippen LogP contribution is -1.93. The van der Waals surface area contributed by atoms with Crippen LogP contribution in [0.15, 0.2) is 146 Å². The lowest BCUT2D eigenvalue weighted by molar-refractivity contribution is 1.29. The van der Waals surface area contributed by atoms with Crippen molar-refractivity contribution in [3.05, 3.63) is 146 Å². The van der Waals surface area contributed by atoms with E-state index in [9.17, 15) is 0 Å². The zero-order valence-corrected chi connectivity index (χ0v) is 23.6. The second-order valence-electron chi connectivity index (χ2n) is 11.1. The molecule has 0 radical (unpaired) electrons. The fourth-order valence-corrected chi connectivity index (χ4v) is 6.27. The Balaban J connectivity index is 1.16. The van der Waals surface area contributed by atoms with Crippen LogP contribution in [0.2, 0.25) is 0 Å². The van der Waals surface area contributed by atoms with Crippen molar-refractivity contribution < 1.29 is 0 Å². The summed E-state index contributed by atoms with van der Waals surface area (Å²) in [5.41, 5.74) is 8.51. The van der Waals surface area contributed by atoms with E-state index in [1.807, 2.05) is 36.7 Å². The monoisotopic (exact) mass is 560 g/mol. The molecule has 4 aromatic heterocycles. The molecule has 4 heterocycles. The van der Waals surface area contributed by atoms with E-state index in [2.05, 4.69) is 114 Å². The van der Waals surface area contributed by atoms with E-state index in [0.717, 1.165) is 66.5 Å². The van der Waals surface area contributed by atoms with E-state index >= 15 is 0 Å². The van der Waals surface area contributed by atoms with Crippen molar-refractivity contribution in [1.29, 1.82) is 0 Å². The molecule has 0 aliphatic heterocycles. The Kier molecular flexibility index (Phi) is 5.47. The molecular formula is C40H24N4. The number of benzene rings is 5. The minimum Gasteiger partial charge on any atom is -0.256 e. The molecule has 0 saturated carbocycles. The zero-order valence-electron chi connectivity index (χ0n) is 23.6. The molecule has 9 rings (SSSR count). The van der Waals surface area contributed by atoms with Crippen LogP contribution in [0.3, 0.4) is 0 Å². The van der Waals surface area contributed by atoms with Gasteiger partial charge in [0.05, 0.1) is 33.6 Å². The smallest absolute Gasteiger partial charge is 0.0972 e. The molecule has 0 N–H and O–H groups in total. The third kappa shape index (κ3) is 4.00. The van der Waals surface area contributed by atoms with Crippen molar-refractivity contribution in [2.24, 2.45) is 0 Å².